The van der Waals surface area contributed by atoms with Gasteiger partial charge in [-0.1, -0.05) is 17.7 Å². The smallest absolute Gasteiger partial charge is 0.164 e. The van der Waals surface area contributed by atoms with E-state index in [-0.39, 0.29) is 5.78 Å². The molecule has 0 N–H and O–H groups in total. The standard InChI is InChI=1S/C13H13ClO/c1-3-4-5-6-13(15)11-8-7-10(2)9-12(11)14/h1,7-9H,4-6H2,2H3. The fraction of sp³-hybridized carbons (Fsp3) is 0.308. The van der Waals surface area contributed by atoms with Gasteiger partial charge in [-0.3, -0.25) is 4.79 Å². The monoisotopic (exact) mass is 220 g/mol. The van der Waals surface area contributed by atoms with E-state index in [1.165, 1.54) is 0 Å². The maximum Gasteiger partial charge on any atom is 0.164 e. The zero-order chi connectivity index (χ0) is 11.3. The Balaban J connectivity index is 2.70. The lowest BCUT2D eigenvalue weighted by atomic mass is 10.0. The number of unbranched alkanes of at least 4 members (excludes halogenated alkanes) is 1. The molecule has 0 aromatic heterocycles. The van der Waals surface area contributed by atoms with Gasteiger partial charge in [0.25, 0.3) is 0 Å². The summed E-state index contributed by atoms with van der Waals surface area (Å²) in [6, 6.07) is 5.46. The lowest BCUT2D eigenvalue weighted by Gasteiger charge is -2.03. The van der Waals surface area contributed by atoms with E-state index in [0.717, 1.165) is 12.0 Å². The molecular formula is C13H13ClO. The van der Waals surface area contributed by atoms with Crippen molar-refractivity contribution < 1.29 is 4.79 Å². The van der Waals surface area contributed by atoms with Gasteiger partial charge in [-0.25, -0.2) is 0 Å². The first-order chi connectivity index (χ1) is 7.15. The second kappa shape index (κ2) is 5.58. The van der Waals surface area contributed by atoms with E-state index in [2.05, 4.69) is 5.92 Å². The molecule has 1 rings (SSSR count). The summed E-state index contributed by atoms with van der Waals surface area (Å²) in [5, 5.41) is 0.528. The summed E-state index contributed by atoms with van der Waals surface area (Å²) < 4.78 is 0. The van der Waals surface area contributed by atoms with Crippen LogP contribution in [0.1, 0.15) is 35.2 Å². The Labute approximate surface area is 95.5 Å². The molecule has 15 heavy (non-hydrogen) atoms. The molecule has 0 saturated heterocycles. The van der Waals surface area contributed by atoms with E-state index in [0.29, 0.717) is 23.4 Å². The summed E-state index contributed by atoms with van der Waals surface area (Å²) in [7, 11) is 0. The Bertz CT molecular complexity index is 401. The highest BCUT2D eigenvalue weighted by Crippen LogP contribution is 2.19. The maximum atomic E-state index is 11.7. The normalized spacial score (nSPS) is 9.67. The topological polar surface area (TPSA) is 17.1 Å². The number of Topliss-reactive ketones (excluding diaryl/α,β-unsaturated/α-hetero) is 1. The van der Waals surface area contributed by atoms with Crippen molar-refractivity contribution in [1.82, 2.24) is 0 Å². The summed E-state index contributed by atoms with van der Waals surface area (Å²) in [5.74, 6) is 2.58. The zero-order valence-corrected chi connectivity index (χ0v) is 9.47. The third kappa shape index (κ3) is 3.42. The fourth-order valence-corrected chi connectivity index (χ4v) is 1.67. The van der Waals surface area contributed by atoms with Crippen molar-refractivity contribution in [3.8, 4) is 12.3 Å². The minimum atomic E-state index is 0.0650. The number of carbonyl (C=O) groups excluding carboxylic acids is 1. The van der Waals surface area contributed by atoms with Crippen molar-refractivity contribution in [2.75, 3.05) is 0 Å². The Morgan fingerprint density at radius 2 is 2.27 bits per heavy atom. The molecule has 0 bridgehead atoms. The third-order valence-electron chi connectivity index (χ3n) is 2.15. The van der Waals surface area contributed by atoms with Crippen LogP contribution in [-0.2, 0) is 0 Å². The lowest BCUT2D eigenvalue weighted by Crippen LogP contribution is -1.99. The van der Waals surface area contributed by atoms with Crippen LogP contribution in [0.4, 0.5) is 0 Å². The van der Waals surface area contributed by atoms with E-state index in [1.54, 1.807) is 12.1 Å². The van der Waals surface area contributed by atoms with E-state index in [4.69, 9.17) is 18.0 Å². The lowest BCUT2D eigenvalue weighted by molar-refractivity contribution is 0.0981. The van der Waals surface area contributed by atoms with E-state index >= 15 is 0 Å². The van der Waals surface area contributed by atoms with Gasteiger partial charge >= 0.3 is 0 Å². The molecule has 0 fully saturated rings. The molecule has 0 atom stereocenters. The van der Waals surface area contributed by atoms with Gasteiger partial charge < -0.3 is 0 Å². The number of halogens is 1. The molecule has 2 heteroatoms. The maximum absolute atomic E-state index is 11.7. The molecular weight excluding hydrogens is 208 g/mol. The van der Waals surface area contributed by atoms with Gasteiger partial charge in [0.15, 0.2) is 5.78 Å². The summed E-state index contributed by atoms with van der Waals surface area (Å²) in [4.78, 5) is 11.7. The average molecular weight is 221 g/mol. The van der Waals surface area contributed by atoms with E-state index in [1.807, 2.05) is 13.0 Å². The Morgan fingerprint density at radius 3 is 2.87 bits per heavy atom. The number of ketones is 1. The highest BCUT2D eigenvalue weighted by molar-refractivity contribution is 6.34. The molecule has 0 heterocycles. The molecule has 0 aliphatic carbocycles. The van der Waals surface area contributed by atoms with Gasteiger partial charge in [0.05, 0.1) is 5.02 Å². The molecule has 0 saturated carbocycles. The number of benzene rings is 1. The molecule has 0 radical (unpaired) electrons. The van der Waals surface area contributed by atoms with Crippen molar-refractivity contribution in [1.29, 1.82) is 0 Å². The van der Waals surface area contributed by atoms with Gasteiger partial charge in [0, 0.05) is 18.4 Å². The van der Waals surface area contributed by atoms with Gasteiger partial charge in [-0.15, -0.1) is 12.3 Å². The van der Waals surface area contributed by atoms with Crippen LogP contribution in [0, 0.1) is 19.3 Å². The largest absolute Gasteiger partial charge is 0.294 e. The summed E-state index contributed by atoms with van der Waals surface area (Å²) in [6.07, 6.45) is 6.94. The highest BCUT2D eigenvalue weighted by Gasteiger charge is 2.09. The minimum absolute atomic E-state index is 0.0650. The molecule has 78 valence electrons. The molecule has 0 aliphatic rings. The van der Waals surface area contributed by atoms with Gasteiger partial charge in [0.2, 0.25) is 0 Å². The highest BCUT2D eigenvalue weighted by atomic mass is 35.5. The van der Waals surface area contributed by atoms with Crippen molar-refractivity contribution >= 4 is 17.4 Å². The average Bonchev–Trinajstić information content (AvgIpc) is 2.17. The van der Waals surface area contributed by atoms with Crippen LogP contribution >= 0.6 is 11.6 Å². The minimum Gasteiger partial charge on any atom is -0.294 e. The van der Waals surface area contributed by atoms with Crippen LogP contribution in [0.25, 0.3) is 0 Å². The van der Waals surface area contributed by atoms with Crippen LogP contribution in [0.2, 0.25) is 5.02 Å². The number of carbonyl (C=O) groups is 1. The first-order valence-electron chi connectivity index (χ1n) is 4.88. The number of aryl methyl sites for hydroxylation is 1. The number of rotatable bonds is 4. The number of terminal acetylenes is 1. The molecule has 0 spiro atoms. The molecule has 1 aromatic rings. The summed E-state index contributed by atoms with van der Waals surface area (Å²) >= 11 is 5.98. The molecule has 0 aliphatic heterocycles. The second-order valence-electron chi connectivity index (χ2n) is 3.46. The summed E-state index contributed by atoms with van der Waals surface area (Å²) in [6.45, 7) is 1.94. The van der Waals surface area contributed by atoms with Crippen LogP contribution in [0.5, 0.6) is 0 Å². The Hall–Kier alpha value is -1.26. The SMILES string of the molecule is C#CCCCC(=O)c1ccc(C)cc1Cl. The van der Waals surface area contributed by atoms with Crippen molar-refractivity contribution in [2.45, 2.75) is 26.2 Å². The third-order valence-corrected chi connectivity index (χ3v) is 2.46. The van der Waals surface area contributed by atoms with E-state index in [9.17, 15) is 4.79 Å². The van der Waals surface area contributed by atoms with Crippen LogP contribution in [-0.4, -0.2) is 5.78 Å². The Kier molecular flexibility index (Phi) is 4.39. The fourth-order valence-electron chi connectivity index (χ4n) is 1.33. The van der Waals surface area contributed by atoms with Crippen molar-refractivity contribution in [3.63, 3.8) is 0 Å². The zero-order valence-electron chi connectivity index (χ0n) is 8.72. The molecule has 1 aromatic carbocycles. The van der Waals surface area contributed by atoms with Crippen LogP contribution in [0.15, 0.2) is 18.2 Å². The van der Waals surface area contributed by atoms with Gasteiger partial charge in [-0.05, 0) is 31.0 Å². The Morgan fingerprint density at radius 1 is 1.53 bits per heavy atom. The van der Waals surface area contributed by atoms with E-state index < -0.39 is 0 Å². The molecule has 1 nitrogen and oxygen atoms in total. The second-order valence-corrected chi connectivity index (χ2v) is 3.87. The number of hydrogen-bond donors (Lipinski definition) is 0. The molecule has 0 amide bonds. The van der Waals surface area contributed by atoms with Crippen molar-refractivity contribution in [2.24, 2.45) is 0 Å². The van der Waals surface area contributed by atoms with Crippen molar-refractivity contribution in [3.05, 3.63) is 34.3 Å². The molecule has 0 unspecified atom stereocenters. The van der Waals surface area contributed by atoms with Crippen LogP contribution < -0.4 is 0 Å². The quantitative estimate of drug-likeness (QED) is 0.430. The first-order valence-corrected chi connectivity index (χ1v) is 5.25. The summed E-state index contributed by atoms with van der Waals surface area (Å²) in [5.41, 5.74) is 1.65. The predicted molar refractivity (Wildman–Crippen MR) is 63.2 cm³/mol. The van der Waals surface area contributed by atoms with Gasteiger partial charge in [0.1, 0.15) is 0 Å². The number of hydrogen-bond acceptors (Lipinski definition) is 1. The first kappa shape index (κ1) is 11.8. The van der Waals surface area contributed by atoms with Gasteiger partial charge in [-0.2, -0.15) is 0 Å². The van der Waals surface area contributed by atoms with Crippen LogP contribution in [0.3, 0.4) is 0 Å². The predicted octanol–water partition coefficient (Wildman–Crippen LogP) is 3.63.